The lowest BCUT2D eigenvalue weighted by atomic mass is 10.3. The van der Waals surface area contributed by atoms with Gasteiger partial charge >= 0.3 is 0 Å². The molecule has 7 heteroatoms. The number of nitrogen functional groups attached to an aromatic ring is 1. The molecule has 6 nitrogen and oxygen atoms in total. The van der Waals surface area contributed by atoms with Gasteiger partial charge in [0, 0.05) is 12.4 Å². The van der Waals surface area contributed by atoms with Gasteiger partial charge in [-0.05, 0) is 34.1 Å². The van der Waals surface area contributed by atoms with Crippen LogP contribution in [0.1, 0.15) is 0 Å². The van der Waals surface area contributed by atoms with E-state index in [1.54, 1.807) is 36.8 Å². The summed E-state index contributed by atoms with van der Waals surface area (Å²) in [6, 6.07) is 5.31. The second kappa shape index (κ2) is 4.26. The number of hydrogen-bond acceptors (Lipinski definition) is 5. The van der Waals surface area contributed by atoms with E-state index in [0.29, 0.717) is 27.8 Å². The molecule has 0 aliphatic rings. The van der Waals surface area contributed by atoms with E-state index in [1.807, 2.05) is 0 Å². The molecule has 0 bridgehead atoms. The van der Waals surface area contributed by atoms with E-state index in [0.717, 1.165) is 0 Å². The summed E-state index contributed by atoms with van der Waals surface area (Å²) in [7, 11) is 0. The van der Waals surface area contributed by atoms with Crippen LogP contribution in [-0.4, -0.2) is 19.7 Å². The fourth-order valence-electron chi connectivity index (χ4n) is 1.53. The lowest BCUT2D eigenvalue weighted by molar-refractivity contribution is 0.553. The topological polar surface area (TPSA) is 82.8 Å². The summed E-state index contributed by atoms with van der Waals surface area (Å²) < 4.78 is 7.56. The Kier molecular flexibility index (Phi) is 2.60. The SMILES string of the molecule is Nc1cn(-c2ncccn2)nc1-c1ccc(Br)o1. The van der Waals surface area contributed by atoms with Crippen LogP contribution in [0.2, 0.25) is 0 Å². The van der Waals surface area contributed by atoms with E-state index in [-0.39, 0.29) is 0 Å². The first-order chi connectivity index (χ1) is 8.74. The van der Waals surface area contributed by atoms with Crippen molar-refractivity contribution in [1.29, 1.82) is 0 Å². The second-order valence-corrected chi connectivity index (χ2v) is 4.31. The normalized spacial score (nSPS) is 10.7. The van der Waals surface area contributed by atoms with Gasteiger partial charge in [0.05, 0.1) is 11.9 Å². The molecule has 0 fully saturated rings. The number of nitrogens with zero attached hydrogens (tertiary/aromatic N) is 4. The fourth-order valence-corrected chi connectivity index (χ4v) is 1.84. The Balaban J connectivity index is 2.06. The standard InChI is InChI=1S/C11H8BrN5O/c12-9-3-2-8(18-9)10-7(13)6-17(16-10)11-14-4-1-5-15-11/h1-6H,13H2. The number of anilines is 1. The summed E-state index contributed by atoms with van der Waals surface area (Å²) in [5.74, 6) is 1.05. The van der Waals surface area contributed by atoms with Crippen LogP contribution >= 0.6 is 15.9 Å². The summed E-state index contributed by atoms with van der Waals surface area (Å²) in [6.45, 7) is 0. The van der Waals surface area contributed by atoms with Crippen molar-refractivity contribution in [2.75, 3.05) is 5.73 Å². The van der Waals surface area contributed by atoms with E-state index in [1.165, 1.54) is 4.68 Å². The van der Waals surface area contributed by atoms with Crippen LogP contribution in [0.3, 0.4) is 0 Å². The highest BCUT2D eigenvalue weighted by molar-refractivity contribution is 9.10. The third-order valence-electron chi connectivity index (χ3n) is 2.31. The molecule has 0 amide bonds. The first-order valence-corrected chi connectivity index (χ1v) is 5.91. The van der Waals surface area contributed by atoms with E-state index in [2.05, 4.69) is 31.0 Å². The van der Waals surface area contributed by atoms with Gasteiger partial charge in [-0.3, -0.25) is 0 Å². The van der Waals surface area contributed by atoms with Gasteiger partial charge in [0.2, 0.25) is 0 Å². The maximum Gasteiger partial charge on any atom is 0.250 e. The zero-order valence-electron chi connectivity index (χ0n) is 9.12. The molecule has 0 radical (unpaired) electrons. The van der Waals surface area contributed by atoms with Crippen molar-refractivity contribution in [2.45, 2.75) is 0 Å². The van der Waals surface area contributed by atoms with E-state index < -0.39 is 0 Å². The Bertz CT molecular complexity index is 676. The lowest BCUT2D eigenvalue weighted by Crippen LogP contribution is -2.00. The van der Waals surface area contributed by atoms with E-state index in [9.17, 15) is 0 Å². The molecule has 0 saturated heterocycles. The fraction of sp³-hybridized carbons (Fsp3) is 0. The van der Waals surface area contributed by atoms with Crippen molar-refractivity contribution in [3.8, 4) is 17.4 Å². The molecule has 3 heterocycles. The van der Waals surface area contributed by atoms with Gasteiger partial charge in [-0.25, -0.2) is 14.6 Å². The van der Waals surface area contributed by atoms with Crippen LogP contribution in [0.4, 0.5) is 5.69 Å². The summed E-state index contributed by atoms with van der Waals surface area (Å²) in [5.41, 5.74) is 6.97. The van der Waals surface area contributed by atoms with Crippen molar-refractivity contribution in [3.63, 3.8) is 0 Å². The van der Waals surface area contributed by atoms with Crippen molar-refractivity contribution in [3.05, 3.63) is 41.5 Å². The van der Waals surface area contributed by atoms with Crippen molar-refractivity contribution < 1.29 is 4.42 Å². The maximum atomic E-state index is 5.91. The van der Waals surface area contributed by atoms with Gasteiger partial charge in [-0.1, -0.05) is 0 Å². The van der Waals surface area contributed by atoms with Gasteiger partial charge in [0.15, 0.2) is 16.1 Å². The average molecular weight is 306 g/mol. The molecule has 90 valence electrons. The molecule has 0 spiro atoms. The molecule has 0 aliphatic heterocycles. The third-order valence-corrected chi connectivity index (χ3v) is 2.73. The maximum absolute atomic E-state index is 5.91. The Morgan fingerprint density at radius 1 is 1.22 bits per heavy atom. The first kappa shape index (κ1) is 11.0. The third kappa shape index (κ3) is 1.88. The zero-order chi connectivity index (χ0) is 12.5. The summed E-state index contributed by atoms with van der Waals surface area (Å²) >= 11 is 3.24. The van der Waals surface area contributed by atoms with E-state index in [4.69, 9.17) is 10.2 Å². The monoisotopic (exact) mass is 305 g/mol. The quantitative estimate of drug-likeness (QED) is 0.785. The van der Waals surface area contributed by atoms with Gasteiger partial charge in [-0.2, -0.15) is 5.10 Å². The molecule has 3 aromatic rings. The highest BCUT2D eigenvalue weighted by Crippen LogP contribution is 2.28. The van der Waals surface area contributed by atoms with Crippen LogP contribution in [0.15, 0.2) is 45.9 Å². The minimum atomic E-state index is 0.459. The number of nitrogens with two attached hydrogens (primary N) is 1. The summed E-state index contributed by atoms with van der Waals surface area (Å²) in [5, 5.41) is 4.32. The van der Waals surface area contributed by atoms with Crippen LogP contribution in [0.25, 0.3) is 17.4 Å². The highest BCUT2D eigenvalue weighted by atomic mass is 79.9. The van der Waals surface area contributed by atoms with Crippen LogP contribution < -0.4 is 5.73 Å². The number of furan rings is 1. The predicted octanol–water partition coefficient (Wildman–Crippen LogP) is 2.27. The molecule has 0 aliphatic carbocycles. The van der Waals surface area contributed by atoms with Gasteiger partial charge in [0.1, 0.15) is 0 Å². The smallest absolute Gasteiger partial charge is 0.250 e. The van der Waals surface area contributed by atoms with Gasteiger partial charge < -0.3 is 10.2 Å². The lowest BCUT2D eigenvalue weighted by Gasteiger charge is -1.96. The Labute approximate surface area is 111 Å². The molecule has 2 N–H and O–H groups in total. The molecule has 0 aromatic carbocycles. The van der Waals surface area contributed by atoms with Crippen LogP contribution in [-0.2, 0) is 0 Å². The number of rotatable bonds is 2. The average Bonchev–Trinajstić information content (AvgIpc) is 2.97. The number of hydrogen-bond donors (Lipinski definition) is 1. The Morgan fingerprint density at radius 3 is 2.67 bits per heavy atom. The molecule has 3 rings (SSSR count). The Morgan fingerprint density at radius 2 is 2.00 bits per heavy atom. The number of halogens is 1. The van der Waals surface area contributed by atoms with E-state index >= 15 is 0 Å². The minimum absolute atomic E-state index is 0.459. The van der Waals surface area contributed by atoms with Gasteiger partial charge in [0.25, 0.3) is 5.95 Å². The second-order valence-electron chi connectivity index (χ2n) is 3.53. The zero-order valence-corrected chi connectivity index (χ0v) is 10.7. The first-order valence-electron chi connectivity index (χ1n) is 5.12. The molecule has 0 atom stereocenters. The molecule has 3 aromatic heterocycles. The van der Waals surface area contributed by atoms with Crippen molar-refractivity contribution in [2.24, 2.45) is 0 Å². The Hall–Kier alpha value is -2.15. The summed E-state index contributed by atoms with van der Waals surface area (Å²) in [6.07, 6.45) is 4.94. The molecule has 0 unspecified atom stereocenters. The predicted molar refractivity (Wildman–Crippen MR) is 69.0 cm³/mol. The largest absolute Gasteiger partial charge is 0.448 e. The molecule has 0 saturated carbocycles. The summed E-state index contributed by atoms with van der Waals surface area (Å²) in [4.78, 5) is 8.19. The van der Waals surface area contributed by atoms with Gasteiger partial charge in [-0.15, -0.1) is 0 Å². The molecule has 18 heavy (non-hydrogen) atoms. The van der Waals surface area contributed by atoms with Crippen molar-refractivity contribution in [1.82, 2.24) is 19.7 Å². The number of aromatic nitrogens is 4. The molecular weight excluding hydrogens is 298 g/mol. The minimum Gasteiger partial charge on any atom is -0.448 e. The van der Waals surface area contributed by atoms with Crippen LogP contribution in [0.5, 0.6) is 0 Å². The molecular formula is C11H8BrN5O. The highest BCUT2D eigenvalue weighted by Gasteiger charge is 2.13. The van der Waals surface area contributed by atoms with Crippen molar-refractivity contribution >= 4 is 21.6 Å². The van der Waals surface area contributed by atoms with Crippen LogP contribution in [0, 0.1) is 0 Å².